The number of rotatable bonds is 1. The Bertz CT molecular complexity index is 310. The number of aromatic nitrogens is 2. The van der Waals surface area contributed by atoms with Gasteiger partial charge in [-0.1, -0.05) is 13.8 Å². The van der Waals surface area contributed by atoms with Gasteiger partial charge in [-0.05, 0) is 18.8 Å². The van der Waals surface area contributed by atoms with Crippen LogP contribution < -0.4 is 4.74 Å². The molecule has 0 radical (unpaired) electrons. The molecule has 0 atom stereocenters. The molecule has 0 bridgehead atoms. The van der Waals surface area contributed by atoms with Gasteiger partial charge in [0.1, 0.15) is 6.33 Å². The molecule has 0 saturated heterocycles. The molecule has 3 nitrogen and oxygen atoms in total. The van der Waals surface area contributed by atoms with Gasteiger partial charge in [-0.3, -0.25) is 0 Å². The molecule has 0 spiro atoms. The minimum absolute atomic E-state index is 0.412. The van der Waals surface area contributed by atoms with Crippen LogP contribution in [0.15, 0.2) is 6.33 Å². The summed E-state index contributed by atoms with van der Waals surface area (Å²) in [6, 6.07) is 0. The molecule has 0 fully saturated rings. The first-order chi connectivity index (χ1) is 6.29. The van der Waals surface area contributed by atoms with Crippen molar-refractivity contribution in [3.05, 3.63) is 17.7 Å². The van der Waals surface area contributed by atoms with E-state index < -0.39 is 0 Å². The summed E-state index contributed by atoms with van der Waals surface area (Å²) < 4.78 is 5.59. The maximum atomic E-state index is 5.59. The van der Waals surface area contributed by atoms with Crippen molar-refractivity contribution in [3.8, 4) is 5.75 Å². The molecule has 0 saturated carbocycles. The maximum absolute atomic E-state index is 5.59. The van der Waals surface area contributed by atoms with E-state index in [1.807, 2.05) is 0 Å². The Kier molecular flexibility index (Phi) is 2.17. The molecule has 0 N–H and O–H groups in total. The number of hydrogen-bond acceptors (Lipinski definition) is 3. The normalized spacial score (nSPS) is 15.3. The van der Waals surface area contributed by atoms with Gasteiger partial charge in [0.15, 0.2) is 5.75 Å². The van der Waals surface area contributed by atoms with Gasteiger partial charge >= 0.3 is 0 Å². The Labute approximate surface area is 78.2 Å². The van der Waals surface area contributed by atoms with E-state index >= 15 is 0 Å². The van der Waals surface area contributed by atoms with Crippen molar-refractivity contribution in [2.45, 2.75) is 32.6 Å². The smallest absolute Gasteiger partial charge is 0.162 e. The van der Waals surface area contributed by atoms with Gasteiger partial charge in [0.25, 0.3) is 0 Å². The highest BCUT2D eigenvalue weighted by molar-refractivity contribution is 5.35. The molecule has 0 unspecified atom stereocenters. The monoisotopic (exact) mass is 178 g/mol. The highest BCUT2D eigenvalue weighted by Crippen LogP contribution is 2.29. The second kappa shape index (κ2) is 3.32. The molecule has 0 aromatic carbocycles. The predicted octanol–water partition coefficient (Wildman–Crippen LogP) is 1.93. The lowest BCUT2D eigenvalue weighted by Gasteiger charge is -2.19. The van der Waals surface area contributed by atoms with Crippen molar-refractivity contribution < 1.29 is 4.74 Å². The third kappa shape index (κ3) is 1.50. The van der Waals surface area contributed by atoms with Gasteiger partial charge in [-0.25, -0.2) is 9.97 Å². The second-order valence-electron chi connectivity index (χ2n) is 3.64. The number of ether oxygens (including phenoxy) is 1. The van der Waals surface area contributed by atoms with E-state index in [9.17, 15) is 0 Å². The average Bonchev–Trinajstić information content (AvgIpc) is 2.17. The van der Waals surface area contributed by atoms with Crippen LogP contribution in [0.1, 0.15) is 37.6 Å². The Morgan fingerprint density at radius 2 is 2.23 bits per heavy atom. The number of nitrogens with zero attached hydrogens (tertiary/aromatic N) is 2. The molecule has 1 aromatic rings. The van der Waals surface area contributed by atoms with Gasteiger partial charge < -0.3 is 4.74 Å². The van der Waals surface area contributed by atoms with Crippen molar-refractivity contribution in [3.63, 3.8) is 0 Å². The van der Waals surface area contributed by atoms with Gasteiger partial charge in [0.05, 0.1) is 18.0 Å². The summed E-state index contributed by atoms with van der Waals surface area (Å²) in [4.78, 5) is 8.48. The number of aryl methyl sites for hydroxylation is 1. The van der Waals surface area contributed by atoms with E-state index in [1.165, 1.54) is 0 Å². The lowest BCUT2D eigenvalue weighted by molar-refractivity contribution is 0.278. The fraction of sp³-hybridized carbons (Fsp3) is 0.600. The molecule has 0 amide bonds. The zero-order valence-corrected chi connectivity index (χ0v) is 8.08. The average molecular weight is 178 g/mol. The largest absolute Gasteiger partial charge is 0.490 e. The zero-order valence-electron chi connectivity index (χ0n) is 8.08. The quantitative estimate of drug-likeness (QED) is 0.659. The third-order valence-electron chi connectivity index (χ3n) is 2.26. The molecule has 2 rings (SSSR count). The van der Waals surface area contributed by atoms with Crippen molar-refractivity contribution >= 4 is 0 Å². The third-order valence-corrected chi connectivity index (χ3v) is 2.26. The van der Waals surface area contributed by atoms with Crippen LogP contribution in [0.3, 0.4) is 0 Å². The number of fused-ring (bicyclic) bond motifs is 1. The molecule has 13 heavy (non-hydrogen) atoms. The maximum Gasteiger partial charge on any atom is 0.162 e. The minimum atomic E-state index is 0.412. The van der Waals surface area contributed by atoms with E-state index in [1.54, 1.807) is 6.33 Å². The fourth-order valence-corrected chi connectivity index (χ4v) is 1.59. The Morgan fingerprint density at radius 1 is 1.38 bits per heavy atom. The summed E-state index contributed by atoms with van der Waals surface area (Å²) in [5.41, 5.74) is 2.12. The van der Waals surface area contributed by atoms with E-state index in [2.05, 4.69) is 23.8 Å². The minimum Gasteiger partial charge on any atom is -0.490 e. The summed E-state index contributed by atoms with van der Waals surface area (Å²) in [6.07, 6.45) is 3.74. The molecule has 0 aliphatic carbocycles. The van der Waals surface area contributed by atoms with Crippen LogP contribution in [0.4, 0.5) is 0 Å². The summed E-state index contributed by atoms with van der Waals surface area (Å²) in [7, 11) is 0. The van der Waals surface area contributed by atoms with Crippen LogP contribution in [0.2, 0.25) is 0 Å². The molecule has 70 valence electrons. The lowest BCUT2D eigenvalue weighted by Crippen LogP contribution is -2.13. The first-order valence-electron chi connectivity index (χ1n) is 4.75. The van der Waals surface area contributed by atoms with Gasteiger partial charge in [-0.2, -0.15) is 0 Å². The molecular formula is C10H14N2O. The molecule has 3 heteroatoms. The first-order valence-corrected chi connectivity index (χ1v) is 4.75. The van der Waals surface area contributed by atoms with Crippen molar-refractivity contribution in [2.75, 3.05) is 6.61 Å². The summed E-state index contributed by atoms with van der Waals surface area (Å²) in [6.45, 7) is 5.06. The molecule has 1 aromatic heterocycles. The van der Waals surface area contributed by atoms with Gasteiger partial charge in [0, 0.05) is 0 Å². The van der Waals surface area contributed by atoms with Crippen molar-refractivity contribution in [2.24, 2.45) is 0 Å². The van der Waals surface area contributed by atoms with Crippen LogP contribution in [0, 0.1) is 0 Å². The van der Waals surface area contributed by atoms with Gasteiger partial charge in [-0.15, -0.1) is 0 Å². The SMILES string of the molecule is CC(C)c1ncnc2c1OCCC2. The second-order valence-corrected chi connectivity index (χ2v) is 3.64. The van der Waals surface area contributed by atoms with Crippen LogP contribution in [-0.4, -0.2) is 16.6 Å². The summed E-state index contributed by atoms with van der Waals surface area (Å²) in [5.74, 6) is 1.35. The van der Waals surface area contributed by atoms with Gasteiger partial charge in [0.2, 0.25) is 0 Å². The highest BCUT2D eigenvalue weighted by Gasteiger charge is 2.18. The fourth-order valence-electron chi connectivity index (χ4n) is 1.59. The van der Waals surface area contributed by atoms with E-state index in [-0.39, 0.29) is 0 Å². The predicted molar refractivity (Wildman–Crippen MR) is 49.9 cm³/mol. The molecule has 1 aliphatic heterocycles. The van der Waals surface area contributed by atoms with E-state index in [4.69, 9.17) is 4.74 Å². The van der Waals surface area contributed by atoms with E-state index in [0.717, 1.165) is 36.6 Å². The van der Waals surface area contributed by atoms with Crippen molar-refractivity contribution in [1.29, 1.82) is 0 Å². The van der Waals surface area contributed by atoms with Crippen LogP contribution in [0.5, 0.6) is 5.75 Å². The van der Waals surface area contributed by atoms with E-state index in [0.29, 0.717) is 5.92 Å². The Balaban J connectivity index is 2.46. The Hall–Kier alpha value is -1.12. The summed E-state index contributed by atoms with van der Waals surface area (Å²) in [5, 5.41) is 0. The number of hydrogen-bond donors (Lipinski definition) is 0. The summed E-state index contributed by atoms with van der Waals surface area (Å²) >= 11 is 0. The molecule has 1 aliphatic rings. The highest BCUT2D eigenvalue weighted by atomic mass is 16.5. The Morgan fingerprint density at radius 3 is 3.00 bits per heavy atom. The standard InChI is InChI=1S/C10H14N2O/c1-7(2)9-10-8(11-6-12-9)4-3-5-13-10/h6-7H,3-5H2,1-2H3. The van der Waals surface area contributed by atoms with Crippen LogP contribution >= 0.6 is 0 Å². The zero-order chi connectivity index (χ0) is 9.26. The molecule has 2 heterocycles. The topological polar surface area (TPSA) is 35.0 Å². The van der Waals surface area contributed by atoms with Crippen LogP contribution in [0.25, 0.3) is 0 Å². The lowest BCUT2D eigenvalue weighted by atomic mass is 10.1. The van der Waals surface area contributed by atoms with Crippen molar-refractivity contribution in [1.82, 2.24) is 9.97 Å². The molecular weight excluding hydrogens is 164 g/mol. The first kappa shape index (κ1) is 8.48. The van der Waals surface area contributed by atoms with Crippen LogP contribution in [-0.2, 0) is 6.42 Å².